The van der Waals surface area contributed by atoms with Gasteiger partial charge in [-0.05, 0) is 44.9 Å². The van der Waals surface area contributed by atoms with Crippen LogP contribution in [0.1, 0.15) is 194 Å². The Kier molecular flexibility index (Phi) is 34.3. The summed E-state index contributed by atoms with van der Waals surface area (Å²) in [4.78, 5) is 42.7. The van der Waals surface area contributed by atoms with Crippen LogP contribution in [0, 0.1) is 0 Å². The third kappa shape index (κ3) is 37.4. The molecule has 48 heavy (non-hydrogen) atoms. The van der Waals surface area contributed by atoms with E-state index in [4.69, 9.17) is 19.3 Å². The molecule has 0 fully saturated rings. The van der Waals surface area contributed by atoms with Gasteiger partial charge < -0.3 is 19.3 Å². The van der Waals surface area contributed by atoms with Crippen molar-refractivity contribution >= 4 is 19.8 Å². The van der Waals surface area contributed by atoms with Crippen LogP contribution in [0.5, 0.6) is 0 Å². The molecule has 0 aliphatic heterocycles. The van der Waals surface area contributed by atoms with Gasteiger partial charge in [0.2, 0.25) is 0 Å². The van der Waals surface area contributed by atoms with Crippen molar-refractivity contribution in [2.45, 2.75) is 200 Å². The maximum atomic E-state index is 12.4. The summed E-state index contributed by atoms with van der Waals surface area (Å²) < 4.78 is 26.3. The largest absolute Gasteiger partial charge is 0.469 e. The molecule has 0 saturated heterocycles. The highest BCUT2D eigenvalue weighted by Crippen LogP contribution is 2.36. The van der Waals surface area contributed by atoms with Crippen LogP contribution < -0.4 is 0 Å². The minimum atomic E-state index is -4.75. The summed E-state index contributed by atoms with van der Waals surface area (Å²) in [6.45, 7) is 3.65. The smallest absolute Gasteiger partial charge is 0.462 e. The number of phosphoric ester groups is 1. The lowest BCUT2D eigenvalue weighted by Gasteiger charge is -2.18. The van der Waals surface area contributed by atoms with Crippen LogP contribution in [-0.2, 0) is 28.2 Å². The monoisotopic (exact) mass is 701 g/mol. The first kappa shape index (κ1) is 46.5. The molecule has 0 rings (SSSR count). The Morgan fingerprint density at radius 3 is 1.42 bits per heavy atom. The van der Waals surface area contributed by atoms with Crippen molar-refractivity contribution in [2.24, 2.45) is 0 Å². The SMILES string of the molecule is CCCCC/C=C\C/C=C\CCCCCCCCCCCC(=O)O[C@H](COC(=O)CCCCCCCCCCCCC)COP(=O)(O)O. The van der Waals surface area contributed by atoms with E-state index in [1.165, 1.54) is 109 Å². The Bertz CT molecular complexity index is 838. The fourth-order valence-corrected chi connectivity index (χ4v) is 5.88. The molecule has 282 valence electrons. The number of unbranched alkanes of at least 4 members (excludes halogenated alkanes) is 22. The van der Waals surface area contributed by atoms with E-state index in [-0.39, 0.29) is 19.4 Å². The molecule has 0 aliphatic carbocycles. The Labute approximate surface area is 294 Å². The summed E-state index contributed by atoms with van der Waals surface area (Å²) in [6, 6.07) is 0. The first-order valence-electron chi connectivity index (χ1n) is 19.6. The Hall–Kier alpha value is -1.47. The van der Waals surface area contributed by atoms with Gasteiger partial charge in [-0.1, -0.05) is 160 Å². The molecule has 0 bridgehead atoms. The number of esters is 2. The van der Waals surface area contributed by atoms with Gasteiger partial charge in [-0.3, -0.25) is 14.1 Å². The lowest BCUT2D eigenvalue weighted by Crippen LogP contribution is -2.29. The van der Waals surface area contributed by atoms with E-state index in [0.29, 0.717) is 6.42 Å². The van der Waals surface area contributed by atoms with E-state index < -0.39 is 32.5 Å². The van der Waals surface area contributed by atoms with Gasteiger partial charge in [0.15, 0.2) is 6.10 Å². The van der Waals surface area contributed by atoms with Gasteiger partial charge >= 0.3 is 19.8 Å². The molecular formula is C39H73O8P. The predicted molar refractivity (Wildman–Crippen MR) is 198 cm³/mol. The van der Waals surface area contributed by atoms with E-state index in [0.717, 1.165) is 51.4 Å². The fraction of sp³-hybridized carbons (Fsp3) is 0.846. The van der Waals surface area contributed by atoms with Crippen molar-refractivity contribution in [3.63, 3.8) is 0 Å². The van der Waals surface area contributed by atoms with Crippen molar-refractivity contribution in [3.8, 4) is 0 Å². The zero-order valence-electron chi connectivity index (χ0n) is 30.9. The summed E-state index contributed by atoms with van der Waals surface area (Å²) in [5.41, 5.74) is 0. The van der Waals surface area contributed by atoms with Gasteiger partial charge in [-0.2, -0.15) is 0 Å². The maximum absolute atomic E-state index is 12.4. The molecule has 0 aliphatic rings. The standard InChI is InChI=1S/C39H73O8P/c1-3-5-7-9-11-13-15-16-17-18-19-20-21-22-24-26-28-30-32-34-39(41)47-37(36-46-48(42,43)44)35-45-38(40)33-31-29-27-25-23-14-12-10-8-6-4-2/h11,13,16-17,37H,3-10,12,14-15,18-36H2,1-2H3,(H2,42,43,44)/b13-11-,17-16-/t37-/m1/s1. The quantitative estimate of drug-likeness (QED) is 0.0287. The van der Waals surface area contributed by atoms with Crippen molar-refractivity contribution in [1.29, 1.82) is 0 Å². The van der Waals surface area contributed by atoms with E-state index in [1.54, 1.807) is 0 Å². The van der Waals surface area contributed by atoms with Crippen molar-refractivity contribution in [3.05, 3.63) is 24.3 Å². The van der Waals surface area contributed by atoms with Crippen LogP contribution in [0.3, 0.4) is 0 Å². The minimum Gasteiger partial charge on any atom is -0.462 e. The average molecular weight is 701 g/mol. The van der Waals surface area contributed by atoms with Crippen molar-refractivity contribution in [1.82, 2.24) is 0 Å². The summed E-state index contributed by atoms with van der Waals surface area (Å²) in [5.74, 6) is -0.885. The van der Waals surface area contributed by atoms with E-state index in [9.17, 15) is 14.2 Å². The molecule has 0 aromatic heterocycles. The van der Waals surface area contributed by atoms with Crippen LogP contribution in [0.25, 0.3) is 0 Å². The summed E-state index contributed by atoms with van der Waals surface area (Å²) in [7, 11) is -4.75. The molecule has 0 radical (unpaired) electrons. The molecular weight excluding hydrogens is 627 g/mol. The molecule has 9 heteroatoms. The maximum Gasteiger partial charge on any atom is 0.469 e. The highest BCUT2D eigenvalue weighted by Gasteiger charge is 2.22. The highest BCUT2D eigenvalue weighted by molar-refractivity contribution is 7.46. The number of phosphoric acid groups is 1. The Morgan fingerprint density at radius 1 is 0.542 bits per heavy atom. The molecule has 0 aromatic rings. The molecule has 8 nitrogen and oxygen atoms in total. The number of ether oxygens (including phenoxy) is 2. The van der Waals surface area contributed by atoms with Gasteiger partial charge in [-0.25, -0.2) is 4.57 Å². The second-order valence-electron chi connectivity index (χ2n) is 13.3. The second kappa shape index (κ2) is 35.4. The molecule has 0 unspecified atom stereocenters. The Balaban J connectivity index is 3.91. The summed E-state index contributed by atoms with van der Waals surface area (Å²) in [5, 5.41) is 0. The van der Waals surface area contributed by atoms with Gasteiger partial charge in [0.25, 0.3) is 0 Å². The third-order valence-electron chi connectivity index (χ3n) is 8.47. The number of allylic oxidation sites excluding steroid dienone is 4. The molecule has 0 spiro atoms. The van der Waals surface area contributed by atoms with Gasteiger partial charge in [-0.15, -0.1) is 0 Å². The first-order chi connectivity index (χ1) is 23.3. The number of rotatable bonds is 36. The number of carbonyl (C=O) groups excluding carboxylic acids is 2. The van der Waals surface area contributed by atoms with Gasteiger partial charge in [0.05, 0.1) is 6.61 Å². The summed E-state index contributed by atoms with van der Waals surface area (Å²) >= 11 is 0. The molecule has 0 heterocycles. The Morgan fingerprint density at radius 2 is 0.938 bits per heavy atom. The van der Waals surface area contributed by atoms with Crippen LogP contribution in [0.15, 0.2) is 24.3 Å². The van der Waals surface area contributed by atoms with Gasteiger partial charge in [0, 0.05) is 12.8 Å². The molecule has 2 N–H and O–H groups in total. The van der Waals surface area contributed by atoms with Gasteiger partial charge in [0.1, 0.15) is 6.61 Å². The minimum absolute atomic E-state index is 0.210. The zero-order chi connectivity index (χ0) is 35.4. The average Bonchev–Trinajstić information content (AvgIpc) is 3.05. The third-order valence-corrected chi connectivity index (χ3v) is 8.96. The van der Waals surface area contributed by atoms with Crippen LogP contribution >= 0.6 is 7.82 Å². The fourth-order valence-electron chi connectivity index (χ4n) is 5.52. The van der Waals surface area contributed by atoms with Crippen LogP contribution in [0.4, 0.5) is 0 Å². The van der Waals surface area contributed by atoms with E-state index in [2.05, 4.69) is 42.7 Å². The van der Waals surface area contributed by atoms with Crippen LogP contribution in [0.2, 0.25) is 0 Å². The molecule has 0 amide bonds. The van der Waals surface area contributed by atoms with E-state index in [1.807, 2.05) is 0 Å². The number of hydrogen-bond acceptors (Lipinski definition) is 6. The number of carbonyl (C=O) groups is 2. The first-order valence-corrected chi connectivity index (χ1v) is 21.2. The van der Waals surface area contributed by atoms with Crippen molar-refractivity contribution in [2.75, 3.05) is 13.2 Å². The second-order valence-corrected chi connectivity index (χ2v) is 14.5. The zero-order valence-corrected chi connectivity index (χ0v) is 31.8. The molecule has 0 saturated carbocycles. The lowest BCUT2D eigenvalue weighted by atomic mass is 10.1. The summed E-state index contributed by atoms with van der Waals surface area (Å²) in [6.07, 6.45) is 39.0. The molecule has 1 atom stereocenters. The lowest BCUT2D eigenvalue weighted by molar-refractivity contribution is -0.161. The predicted octanol–water partition coefficient (Wildman–Crippen LogP) is 11.6. The van der Waals surface area contributed by atoms with Crippen LogP contribution in [-0.4, -0.2) is 41.0 Å². The van der Waals surface area contributed by atoms with E-state index >= 15 is 0 Å². The topological polar surface area (TPSA) is 119 Å². The number of hydrogen-bond donors (Lipinski definition) is 2. The normalized spacial score (nSPS) is 12.7. The highest BCUT2D eigenvalue weighted by atomic mass is 31.2. The van der Waals surface area contributed by atoms with Crippen molar-refractivity contribution < 1.29 is 37.9 Å². The molecule has 0 aromatic carbocycles.